The second-order valence-electron chi connectivity index (χ2n) is 7.87. The van der Waals surface area contributed by atoms with Gasteiger partial charge in [0.25, 0.3) is 5.56 Å². The summed E-state index contributed by atoms with van der Waals surface area (Å²) in [6.45, 7) is 3.81. The molecule has 0 saturated carbocycles. The van der Waals surface area contributed by atoms with Crippen LogP contribution in [0.2, 0.25) is 0 Å². The molecular formula is C22H19FN8OS. The standard InChI is InChI=1S/C22H19FN8OS/c23-17-4-2-1-3-16(17)21-26-25-18-5-6-19(27-31(18)21)29-9-7-28(8-10-29)14-15-13-20(32)30-11-12-33-22(30)24-15/h1-6,11-13H,7-10,14H2. The minimum atomic E-state index is -0.360. The van der Waals surface area contributed by atoms with Crippen LogP contribution in [0.15, 0.2) is 58.8 Å². The summed E-state index contributed by atoms with van der Waals surface area (Å²) in [5.41, 5.74) is 1.67. The van der Waals surface area contributed by atoms with Crippen molar-refractivity contribution in [2.24, 2.45) is 0 Å². The summed E-state index contributed by atoms with van der Waals surface area (Å²) in [5.74, 6) is 0.808. The minimum Gasteiger partial charge on any atom is -0.353 e. The van der Waals surface area contributed by atoms with E-state index in [-0.39, 0.29) is 11.4 Å². The lowest BCUT2D eigenvalue weighted by Crippen LogP contribution is -2.46. The van der Waals surface area contributed by atoms with Gasteiger partial charge in [0.1, 0.15) is 11.6 Å². The molecule has 5 aromatic rings. The first-order valence-electron chi connectivity index (χ1n) is 10.6. The second-order valence-corrected chi connectivity index (χ2v) is 8.74. The van der Waals surface area contributed by atoms with Crippen LogP contribution in [0.25, 0.3) is 22.0 Å². The molecule has 1 aliphatic rings. The Kier molecular flexibility index (Phi) is 4.84. The summed E-state index contributed by atoms with van der Waals surface area (Å²) in [7, 11) is 0. The number of benzene rings is 1. The average molecular weight is 463 g/mol. The third-order valence-electron chi connectivity index (χ3n) is 5.80. The van der Waals surface area contributed by atoms with Crippen LogP contribution in [0.1, 0.15) is 5.69 Å². The number of rotatable bonds is 4. The number of aromatic nitrogens is 6. The monoisotopic (exact) mass is 462 g/mol. The number of hydrogen-bond acceptors (Lipinski definition) is 8. The molecule has 0 unspecified atom stereocenters. The fraction of sp³-hybridized carbons (Fsp3) is 0.227. The number of halogens is 1. The van der Waals surface area contributed by atoms with E-state index in [1.165, 1.54) is 17.4 Å². The van der Waals surface area contributed by atoms with Gasteiger partial charge in [-0.1, -0.05) is 12.1 Å². The van der Waals surface area contributed by atoms with E-state index < -0.39 is 0 Å². The molecule has 5 heterocycles. The normalized spacial score (nSPS) is 15.0. The Morgan fingerprint density at radius 2 is 1.88 bits per heavy atom. The SMILES string of the molecule is O=c1cc(CN2CCN(c3ccc4nnc(-c5ccccc5F)n4n3)CC2)nc2sccn12. The third-order valence-corrected chi connectivity index (χ3v) is 6.56. The maximum atomic E-state index is 14.3. The molecule has 6 rings (SSSR count). The zero-order valence-corrected chi connectivity index (χ0v) is 18.3. The summed E-state index contributed by atoms with van der Waals surface area (Å²) >= 11 is 1.46. The summed E-state index contributed by atoms with van der Waals surface area (Å²) in [6, 6.07) is 11.9. The quantitative estimate of drug-likeness (QED) is 0.405. The van der Waals surface area contributed by atoms with Crippen LogP contribution in [-0.4, -0.2) is 60.3 Å². The fourth-order valence-corrected chi connectivity index (χ4v) is 4.83. The van der Waals surface area contributed by atoms with Gasteiger partial charge in [-0.3, -0.25) is 14.1 Å². The molecule has 1 aliphatic heterocycles. The maximum absolute atomic E-state index is 14.3. The summed E-state index contributed by atoms with van der Waals surface area (Å²) in [6.07, 6.45) is 1.75. The first kappa shape index (κ1) is 19.9. The highest BCUT2D eigenvalue weighted by molar-refractivity contribution is 7.15. The maximum Gasteiger partial charge on any atom is 0.258 e. The van der Waals surface area contributed by atoms with Crippen molar-refractivity contribution < 1.29 is 4.39 Å². The molecule has 0 atom stereocenters. The van der Waals surface area contributed by atoms with Gasteiger partial charge in [-0.15, -0.1) is 26.6 Å². The molecule has 0 amide bonds. The van der Waals surface area contributed by atoms with Crippen LogP contribution < -0.4 is 10.5 Å². The van der Waals surface area contributed by atoms with Gasteiger partial charge < -0.3 is 4.90 Å². The van der Waals surface area contributed by atoms with E-state index in [0.717, 1.165) is 37.7 Å². The van der Waals surface area contributed by atoms with Crippen molar-refractivity contribution in [1.82, 2.24) is 34.1 Å². The third kappa shape index (κ3) is 3.64. The number of anilines is 1. The smallest absolute Gasteiger partial charge is 0.258 e. The Morgan fingerprint density at radius 3 is 2.73 bits per heavy atom. The Bertz CT molecular complexity index is 1520. The van der Waals surface area contributed by atoms with Crippen molar-refractivity contribution in [2.45, 2.75) is 6.54 Å². The molecule has 1 saturated heterocycles. The van der Waals surface area contributed by atoms with E-state index in [1.54, 1.807) is 39.4 Å². The Labute approximate surface area is 191 Å². The summed E-state index contributed by atoms with van der Waals surface area (Å²) in [4.78, 5) is 22.0. The molecule has 0 spiro atoms. The molecule has 33 heavy (non-hydrogen) atoms. The first-order valence-corrected chi connectivity index (χ1v) is 11.4. The van der Waals surface area contributed by atoms with E-state index in [1.807, 2.05) is 17.5 Å². The highest BCUT2D eigenvalue weighted by Gasteiger charge is 2.21. The van der Waals surface area contributed by atoms with Gasteiger partial charge in [-0.05, 0) is 24.3 Å². The highest BCUT2D eigenvalue weighted by Crippen LogP contribution is 2.23. The van der Waals surface area contributed by atoms with Gasteiger partial charge in [0, 0.05) is 50.4 Å². The molecule has 1 aromatic carbocycles. The van der Waals surface area contributed by atoms with Crippen LogP contribution in [0, 0.1) is 5.82 Å². The summed E-state index contributed by atoms with van der Waals surface area (Å²) < 4.78 is 17.5. The van der Waals surface area contributed by atoms with E-state index in [2.05, 4.69) is 25.0 Å². The first-order chi connectivity index (χ1) is 16.2. The molecule has 0 radical (unpaired) electrons. The number of fused-ring (bicyclic) bond motifs is 2. The van der Waals surface area contributed by atoms with Gasteiger partial charge in [0.05, 0.1) is 11.3 Å². The minimum absolute atomic E-state index is 0.0491. The molecule has 4 aromatic heterocycles. The number of hydrogen-bond donors (Lipinski definition) is 0. The molecule has 11 heteroatoms. The fourth-order valence-electron chi connectivity index (χ4n) is 4.09. The topological polar surface area (TPSA) is 83.9 Å². The van der Waals surface area contributed by atoms with Crippen molar-refractivity contribution in [3.8, 4) is 11.4 Å². The molecule has 1 fully saturated rings. The van der Waals surface area contributed by atoms with Gasteiger partial charge >= 0.3 is 0 Å². The van der Waals surface area contributed by atoms with Crippen molar-refractivity contribution in [2.75, 3.05) is 31.1 Å². The average Bonchev–Trinajstić information content (AvgIpc) is 3.47. The van der Waals surface area contributed by atoms with Crippen LogP contribution in [-0.2, 0) is 6.54 Å². The second kappa shape index (κ2) is 8.01. The molecular weight excluding hydrogens is 443 g/mol. The zero-order chi connectivity index (χ0) is 22.4. The molecule has 0 bridgehead atoms. The largest absolute Gasteiger partial charge is 0.353 e. The molecule has 0 N–H and O–H groups in total. The lowest BCUT2D eigenvalue weighted by atomic mass is 10.2. The molecule has 9 nitrogen and oxygen atoms in total. The Balaban J connectivity index is 1.20. The highest BCUT2D eigenvalue weighted by atomic mass is 32.1. The van der Waals surface area contributed by atoms with Crippen LogP contribution >= 0.6 is 11.3 Å². The van der Waals surface area contributed by atoms with Gasteiger partial charge in [0.15, 0.2) is 16.4 Å². The van der Waals surface area contributed by atoms with Crippen molar-refractivity contribution in [3.05, 3.63) is 75.9 Å². The van der Waals surface area contributed by atoms with E-state index in [4.69, 9.17) is 5.10 Å². The van der Waals surface area contributed by atoms with Crippen LogP contribution in [0.3, 0.4) is 0 Å². The zero-order valence-electron chi connectivity index (χ0n) is 17.5. The van der Waals surface area contributed by atoms with E-state index in [9.17, 15) is 9.18 Å². The van der Waals surface area contributed by atoms with Gasteiger partial charge in [-0.2, -0.15) is 4.52 Å². The van der Waals surface area contributed by atoms with Crippen LogP contribution in [0.5, 0.6) is 0 Å². The van der Waals surface area contributed by atoms with Crippen LogP contribution in [0.4, 0.5) is 10.2 Å². The lowest BCUT2D eigenvalue weighted by molar-refractivity contribution is 0.246. The van der Waals surface area contributed by atoms with Crippen molar-refractivity contribution in [1.29, 1.82) is 0 Å². The number of piperazine rings is 1. The van der Waals surface area contributed by atoms with Crippen molar-refractivity contribution >= 4 is 27.8 Å². The lowest BCUT2D eigenvalue weighted by Gasteiger charge is -2.35. The Hall–Kier alpha value is -3.70. The Morgan fingerprint density at radius 1 is 1.03 bits per heavy atom. The van der Waals surface area contributed by atoms with E-state index >= 15 is 0 Å². The number of nitrogens with zero attached hydrogens (tertiary/aromatic N) is 8. The number of thiazole rings is 1. The van der Waals surface area contributed by atoms with Gasteiger partial charge in [-0.25, -0.2) is 9.37 Å². The molecule has 166 valence electrons. The molecule has 0 aliphatic carbocycles. The van der Waals surface area contributed by atoms with E-state index in [0.29, 0.717) is 28.5 Å². The predicted octanol–water partition coefficient (Wildman–Crippen LogP) is 2.32. The summed E-state index contributed by atoms with van der Waals surface area (Å²) in [5, 5.41) is 14.8. The predicted molar refractivity (Wildman–Crippen MR) is 123 cm³/mol. The van der Waals surface area contributed by atoms with Gasteiger partial charge in [0.2, 0.25) is 0 Å². The van der Waals surface area contributed by atoms with Crippen molar-refractivity contribution in [3.63, 3.8) is 0 Å².